The molecular weight excluding hydrogens is 270 g/mol. The van der Waals surface area contributed by atoms with Crippen molar-refractivity contribution < 1.29 is 4.39 Å². The molecule has 0 saturated heterocycles. The highest BCUT2D eigenvalue weighted by atomic mass is 19.1. The molecule has 0 amide bonds. The molecule has 22 heavy (non-hydrogen) atoms. The molecule has 0 nitrogen and oxygen atoms in total. The molecule has 3 rings (SSSR count). The third-order valence-corrected chi connectivity index (χ3v) is 4.51. The van der Waals surface area contributed by atoms with Crippen molar-refractivity contribution in [2.24, 2.45) is 0 Å². The van der Waals surface area contributed by atoms with E-state index in [-0.39, 0.29) is 5.82 Å². The number of rotatable bonds is 1. The van der Waals surface area contributed by atoms with Crippen LogP contribution >= 0.6 is 0 Å². The van der Waals surface area contributed by atoms with Gasteiger partial charge in [-0.25, -0.2) is 4.39 Å². The van der Waals surface area contributed by atoms with Crippen molar-refractivity contribution in [3.05, 3.63) is 65.0 Å². The molecule has 1 fully saturated rings. The Labute approximate surface area is 133 Å². The Bertz CT molecular complexity index is 701. The lowest BCUT2D eigenvalue weighted by molar-refractivity contribution is 0.443. The summed E-state index contributed by atoms with van der Waals surface area (Å²) in [4.78, 5) is 0. The molecular formula is C20H20BF. The van der Waals surface area contributed by atoms with Gasteiger partial charge in [-0.15, -0.1) is 0 Å². The quantitative estimate of drug-likeness (QED) is 0.557. The lowest BCUT2D eigenvalue weighted by Crippen LogP contribution is -2.07. The van der Waals surface area contributed by atoms with E-state index in [4.69, 9.17) is 0 Å². The average Bonchev–Trinajstić information content (AvgIpc) is 2.57. The summed E-state index contributed by atoms with van der Waals surface area (Å²) in [5, 5.41) is 0. The largest absolute Gasteiger partial charge is 0.208 e. The second-order valence-electron chi connectivity index (χ2n) is 6.17. The Morgan fingerprint density at radius 1 is 0.864 bits per heavy atom. The molecule has 0 N–H and O–H groups in total. The van der Waals surface area contributed by atoms with Gasteiger partial charge in [0.05, 0.1) is 0 Å². The van der Waals surface area contributed by atoms with E-state index in [1.807, 2.05) is 6.07 Å². The zero-order valence-corrected chi connectivity index (χ0v) is 13.0. The van der Waals surface area contributed by atoms with Gasteiger partial charge in [-0.1, -0.05) is 54.8 Å². The van der Waals surface area contributed by atoms with Crippen LogP contribution in [0.5, 0.6) is 0 Å². The normalized spacial score (nSPS) is 15.1. The van der Waals surface area contributed by atoms with E-state index in [1.165, 1.54) is 43.7 Å². The molecule has 2 aromatic carbocycles. The third-order valence-electron chi connectivity index (χ3n) is 4.51. The van der Waals surface area contributed by atoms with Gasteiger partial charge in [0.2, 0.25) is 0 Å². The van der Waals surface area contributed by atoms with Crippen LogP contribution < -0.4 is 5.46 Å². The fraction of sp³-hybridized carbons (Fsp3) is 0.300. The molecule has 0 heterocycles. The average molecular weight is 290 g/mol. The van der Waals surface area contributed by atoms with Crippen LogP contribution in [0, 0.1) is 17.7 Å². The molecule has 1 aliphatic carbocycles. The zero-order chi connectivity index (χ0) is 15.4. The molecule has 0 atom stereocenters. The second-order valence-corrected chi connectivity index (χ2v) is 6.17. The molecule has 0 bridgehead atoms. The van der Waals surface area contributed by atoms with Gasteiger partial charge in [0, 0.05) is 11.1 Å². The molecule has 2 aromatic rings. The first-order chi connectivity index (χ1) is 10.7. The number of halogens is 1. The van der Waals surface area contributed by atoms with Gasteiger partial charge in [-0.3, -0.25) is 0 Å². The van der Waals surface area contributed by atoms with Gasteiger partial charge in [0.25, 0.3) is 0 Å². The number of hydrogen-bond acceptors (Lipinski definition) is 0. The van der Waals surface area contributed by atoms with Crippen molar-refractivity contribution in [1.82, 2.24) is 0 Å². The molecule has 1 saturated carbocycles. The first-order valence-corrected chi connectivity index (χ1v) is 8.10. The minimum Gasteiger partial charge on any atom is -0.208 e. The van der Waals surface area contributed by atoms with Crippen LogP contribution in [0.4, 0.5) is 4.39 Å². The monoisotopic (exact) mass is 290 g/mol. The van der Waals surface area contributed by atoms with E-state index in [9.17, 15) is 4.39 Å². The van der Waals surface area contributed by atoms with Crippen molar-refractivity contribution in [2.75, 3.05) is 0 Å². The van der Waals surface area contributed by atoms with Crippen molar-refractivity contribution in [3.63, 3.8) is 0 Å². The summed E-state index contributed by atoms with van der Waals surface area (Å²) in [6, 6.07) is 13.7. The van der Waals surface area contributed by atoms with Crippen LogP contribution in [-0.2, 0) is 0 Å². The van der Waals surface area contributed by atoms with E-state index in [1.54, 1.807) is 13.9 Å². The summed E-state index contributed by atoms with van der Waals surface area (Å²) < 4.78 is 13.5. The highest BCUT2D eigenvalue weighted by molar-refractivity contribution is 6.32. The highest BCUT2D eigenvalue weighted by Crippen LogP contribution is 2.32. The first kappa shape index (κ1) is 14.9. The van der Waals surface area contributed by atoms with Gasteiger partial charge in [-0.2, -0.15) is 0 Å². The minimum atomic E-state index is -0.195. The van der Waals surface area contributed by atoms with Gasteiger partial charge >= 0.3 is 0 Å². The van der Waals surface area contributed by atoms with Gasteiger partial charge in [0.1, 0.15) is 13.7 Å². The highest BCUT2D eigenvalue weighted by Gasteiger charge is 2.14. The lowest BCUT2D eigenvalue weighted by Gasteiger charge is -2.21. The molecule has 1 aliphatic rings. The van der Waals surface area contributed by atoms with Crippen molar-refractivity contribution >= 4 is 13.3 Å². The van der Waals surface area contributed by atoms with E-state index in [0.717, 1.165) is 17.0 Å². The molecule has 0 unspecified atom stereocenters. The number of benzene rings is 2. The fourth-order valence-electron chi connectivity index (χ4n) is 3.09. The van der Waals surface area contributed by atoms with E-state index in [2.05, 4.69) is 36.1 Å². The van der Waals surface area contributed by atoms with E-state index >= 15 is 0 Å². The van der Waals surface area contributed by atoms with Gasteiger partial charge in [0.15, 0.2) is 0 Å². The van der Waals surface area contributed by atoms with Crippen LogP contribution in [0.15, 0.2) is 42.5 Å². The summed E-state index contributed by atoms with van der Waals surface area (Å²) in [7, 11) is 1.76. The maximum atomic E-state index is 13.5. The Kier molecular flexibility index (Phi) is 4.63. The van der Waals surface area contributed by atoms with Crippen molar-refractivity contribution in [2.45, 2.75) is 38.0 Å². The third kappa shape index (κ3) is 3.60. The van der Waals surface area contributed by atoms with Crippen LogP contribution in [0.25, 0.3) is 0 Å². The molecule has 2 heteroatoms. The van der Waals surface area contributed by atoms with Gasteiger partial charge in [-0.05, 0) is 48.6 Å². The summed E-state index contributed by atoms with van der Waals surface area (Å²) in [5.41, 5.74) is 3.80. The Hall–Kier alpha value is -2.01. The Morgan fingerprint density at radius 3 is 2.18 bits per heavy atom. The summed E-state index contributed by atoms with van der Waals surface area (Å²) in [5.74, 6) is 6.69. The van der Waals surface area contributed by atoms with Crippen molar-refractivity contribution in [3.8, 4) is 11.8 Å². The second kappa shape index (κ2) is 6.84. The lowest BCUT2D eigenvalue weighted by atomic mass is 9.84. The first-order valence-electron chi connectivity index (χ1n) is 8.10. The van der Waals surface area contributed by atoms with Crippen LogP contribution in [0.1, 0.15) is 54.7 Å². The van der Waals surface area contributed by atoms with E-state index in [0.29, 0.717) is 5.46 Å². The van der Waals surface area contributed by atoms with E-state index < -0.39 is 0 Å². The van der Waals surface area contributed by atoms with Crippen LogP contribution in [0.2, 0.25) is 0 Å². The topological polar surface area (TPSA) is 0 Å². The van der Waals surface area contributed by atoms with Crippen LogP contribution in [-0.4, -0.2) is 7.85 Å². The predicted octanol–water partition coefficient (Wildman–Crippen LogP) is 3.53. The molecule has 0 aliphatic heterocycles. The van der Waals surface area contributed by atoms with Gasteiger partial charge < -0.3 is 0 Å². The fourth-order valence-corrected chi connectivity index (χ4v) is 3.09. The Balaban J connectivity index is 1.73. The molecule has 0 radical (unpaired) electrons. The predicted molar refractivity (Wildman–Crippen MR) is 92.8 cm³/mol. The SMILES string of the molecule is Bc1ccc(C#Cc2ccc(C3CCCCC3)cc2)cc1F. The number of hydrogen-bond donors (Lipinski definition) is 0. The minimum absolute atomic E-state index is 0.195. The zero-order valence-electron chi connectivity index (χ0n) is 13.0. The molecule has 0 aromatic heterocycles. The Morgan fingerprint density at radius 2 is 1.50 bits per heavy atom. The smallest absolute Gasteiger partial charge is 0.143 e. The molecule has 110 valence electrons. The standard InChI is InChI=1S/C20H20BF/c21-19-13-10-16(14-20(19)22)7-6-15-8-11-18(12-9-15)17-4-2-1-3-5-17/h8-14,17H,1-5,21H2. The molecule has 0 spiro atoms. The summed E-state index contributed by atoms with van der Waals surface area (Å²) in [6.07, 6.45) is 6.71. The maximum Gasteiger partial charge on any atom is 0.143 e. The van der Waals surface area contributed by atoms with Crippen LogP contribution in [0.3, 0.4) is 0 Å². The van der Waals surface area contributed by atoms with Crippen molar-refractivity contribution in [1.29, 1.82) is 0 Å². The maximum absolute atomic E-state index is 13.5. The summed E-state index contributed by atoms with van der Waals surface area (Å²) >= 11 is 0. The summed E-state index contributed by atoms with van der Waals surface area (Å²) in [6.45, 7) is 0.